The molecule has 1 saturated heterocycles. The fraction of sp³-hybridized carbons (Fsp3) is 0.375. The lowest BCUT2D eigenvalue weighted by atomic mass is 9.93. The Kier molecular flexibility index (Phi) is 5.66. The molecule has 1 aromatic heterocycles. The second-order valence-corrected chi connectivity index (χ2v) is 8.15. The average Bonchev–Trinajstić information content (AvgIpc) is 3.41. The zero-order valence-electron chi connectivity index (χ0n) is 18.4. The van der Waals surface area contributed by atoms with Gasteiger partial charge in [0.2, 0.25) is 5.91 Å². The van der Waals surface area contributed by atoms with Crippen molar-refractivity contribution in [1.29, 1.82) is 5.26 Å². The lowest BCUT2D eigenvalue weighted by molar-refractivity contribution is -0.116. The van der Waals surface area contributed by atoms with E-state index in [0.29, 0.717) is 29.1 Å². The Labute approximate surface area is 182 Å². The van der Waals surface area contributed by atoms with Gasteiger partial charge in [0.05, 0.1) is 11.3 Å². The van der Waals surface area contributed by atoms with E-state index in [0.717, 1.165) is 41.9 Å². The van der Waals surface area contributed by atoms with Gasteiger partial charge in [0.15, 0.2) is 5.58 Å². The monoisotopic (exact) mass is 417 g/mol. The highest BCUT2D eigenvalue weighted by Gasteiger charge is 2.31. The van der Waals surface area contributed by atoms with Crippen molar-refractivity contribution >= 4 is 28.7 Å². The van der Waals surface area contributed by atoms with Gasteiger partial charge in [-0.05, 0) is 38.6 Å². The molecule has 1 fully saturated rings. The molecule has 7 nitrogen and oxygen atoms in total. The number of carbonyl (C=O) groups excluding carboxylic acids is 1. The fourth-order valence-corrected chi connectivity index (χ4v) is 4.27. The molecule has 1 N–H and O–H groups in total. The molecule has 3 aromatic rings. The van der Waals surface area contributed by atoms with Gasteiger partial charge in [-0.3, -0.25) is 10.1 Å². The number of nitriles is 1. The fourth-order valence-electron chi connectivity index (χ4n) is 4.27. The molecule has 2 heterocycles. The molecule has 1 amide bonds. The highest BCUT2D eigenvalue weighted by molar-refractivity contribution is 6.03. The first kappa shape index (κ1) is 20.9. The summed E-state index contributed by atoms with van der Waals surface area (Å²) >= 11 is 0. The van der Waals surface area contributed by atoms with Crippen molar-refractivity contribution in [2.45, 2.75) is 32.7 Å². The van der Waals surface area contributed by atoms with E-state index in [1.165, 1.54) is 0 Å². The molecular weight excluding hydrogens is 390 g/mol. The minimum Gasteiger partial charge on any atom is -0.421 e. The van der Waals surface area contributed by atoms with Crippen LogP contribution in [0.3, 0.4) is 0 Å². The maximum atomic E-state index is 11.9. The van der Waals surface area contributed by atoms with Crippen LogP contribution < -0.4 is 10.2 Å². The van der Waals surface area contributed by atoms with E-state index in [-0.39, 0.29) is 11.9 Å². The zero-order valence-corrected chi connectivity index (χ0v) is 18.4. The predicted molar refractivity (Wildman–Crippen MR) is 122 cm³/mol. The average molecular weight is 418 g/mol. The number of amides is 1. The maximum absolute atomic E-state index is 11.9. The summed E-state index contributed by atoms with van der Waals surface area (Å²) in [4.78, 5) is 21.0. The van der Waals surface area contributed by atoms with Crippen molar-refractivity contribution in [1.82, 2.24) is 9.88 Å². The lowest BCUT2D eigenvalue weighted by Crippen LogP contribution is -2.31. The van der Waals surface area contributed by atoms with Crippen LogP contribution in [0.5, 0.6) is 0 Å². The second kappa shape index (κ2) is 8.40. The summed E-state index contributed by atoms with van der Waals surface area (Å²) in [5.74, 6) is -0.180. The van der Waals surface area contributed by atoms with Crippen molar-refractivity contribution < 1.29 is 9.21 Å². The lowest BCUT2D eigenvalue weighted by Gasteiger charge is -2.25. The number of nitrogens with one attached hydrogen (secondary N) is 1. The Balaban J connectivity index is 1.99. The second-order valence-electron chi connectivity index (χ2n) is 8.15. The van der Waals surface area contributed by atoms with Crippen molar-refractivity contribution in [3.8, 4) is 17.2 Å². The summed E-state index contributed by atoms with van der Waals surface area (Å²) in [7, 11) is 4.19. The van der Waals surface area contributed by atoms with Gasteiger partial charge in [-0.15, -0.1) is 0 Å². The highest BCUT2D eigenvalue weighted by atomic mass is 16.4. The number of anilines is 2. The Morgan fingerprint density at radius 2 is 2.10 bits per heavy atom. The van der Waals surface area contributed by atoms with Crippen LogP contribution in [0.4, 0.5) is 11.7 Å². The molecule has 2 aromatic carbocycles. The Hall–Kier alpha value is -3.37. The molecule has 1 atom stereocenters. The number of fused-ring (bicyclic) bond motifs is 1. The highest BCUT2D eigenvalue weighted by Crippen LogP contribution is 2.44. The molecule has 7 heteroatoms. The predicted octanol–water partition coefficient (Wildman–Crippen LogP) is 4.16. The molecule has 1 aliphatic rings. The summed E-state index contributed by atoms with van der Waals surface area (Å²) in [6.07, 6.45) is 1.36. The number of hydrogen-bond acceptors (Lipinski definition) is 6. The van der Waals surface area contributed by atoms with Gasteiger partial charge >= 0.3 is 6.01 Å². The van der Waals surface area contributed by atoms with Crippen LogP contribution in [-0.2, 0) is 4.79 Å². The van der Waals surface area contributed by atoms with E-state index < -0.39 is 0 Å². The van der Waals surface area contributed by atoms with Crippen LogP contribution in [0, 0.1) is 18.3 Å². The topological polar surface area (TPSA) is 85.4 Å². The minimum absolute atomic E-state index is 0.132. The number of hydrogen-bond donors (Lipinski definition) is 1. The van der Waals surface area contributed by atoms with Gasteiger partial charge in [-0.1, -0.05) is 37.3 Å². The van der Waals surface area contributed by atoms with Gasteiger partial charge in [-0.2, -0.15) is 10.2 Å². The number of carbonyl (C=O) groups is 1. The normalized spacial score (nSPS) is 16.1. The van der Waals surface area contributed by atoms with E-state index >= 15 is 0 Å². The van der Waals surface area contributed by atoms with Gasteiger partial charge < -0.3 is 14.2 Å². The molecule has 0 saturated carbocycles. The Bertz CT molecular complexity index is 1160. The summed E-state index contributed by atoms with van der Waals surface area (Å²) in [5.41, 5.74) is 5.33. The summed E-state index contributed by atoms with van der Waals surface area (Å²) < 4.78 is 6.09. The molecule has 0 spiro atoms. The van der Waals surface area contributed by atoms with Crippen LogP contribution in [0.2, 0.25) is 0 Å². The first-order valence-corrected chi connectivity index (χ1v) is 10.6. The van der Waals surface area contributed by atoms with Gasteiger partial charge in [0.25, 0.3) is 0 Å². The third kappa shape index (κ3) is 3.75. The third-order valence-electron chi connectivity index (χ3n) is 6.02. The van der Waals surface area contributed by atoms with Crippen LogP contribution >= 0.6 is 0 Å². The molecule has 0 aliphatic carbocycles. The van der Waals surface area contributed by atoms with E-state index in [1.807, 2.05) is 25.1 Å². The van der Waals surface area contributed by atoms with E-state index in [1.54, 1.807) is 6.92 Å². The van der Waals surface area contributed by atoms with Crippen molar-refractivity contribution in [3.63, 3.8) is 0 Å². The molecule has 160 valence electrons. The summed E-state index contributed by atoms with van der Waals surface area (Å²) in [5, 5.41) is 12.7. The molecule has 4 rings (SSSR count). The Morgan fingerprint density at radius 3 is 2.71 bits per heavy atom. The number of aromatic nitrogens is 1. The minimum atomic E-state index is -0.180. The van der Waals surface area contributed by atoms with Crippen LogP contribution in [-0.4, -0.2) is 49.0 Å². The zero-order chi connectivity index (χ0) is 22.1. The quantitative estimate of drug-likeness (QED) is 0.671. The first-order valence-electron chi connectivity index (χ1n) is 10.6. The molecule has 1 unspecified atom stereocenters. The molecule has 0 radical (unpaired) electrons. The van der Waals surface area contributed by atoms with E-state index in [4.69, 9.17) is 4.42 Å². The van der Waals surface area contributed by atoms with Crippen molar-refractivity contribution in [2.24, 2.45) is 0 Å². The van der Waals surface area contributed by atoms with Crippen LogP contribution in [0.15, 0.2) is 34.7 Å². The molecule has 31 heavy (non-hydrogen) atoms. The number of rotatable bonds is 5. The standard InChI is InChI=1S/C24H27N5O2/c1-5-19(30)26-24-27-21-18(13-25)15(2)20(16-9-7-6-8-10-16)22(23(21)31-24)29-12-11-17(14-29)28(3)4/h6-10,17H,5,11-12,14H2,1-4H3,(H,26,27,30). The van der Waals surface area contributed by atoms with Crippen LogP contribution in [0.25, 0.3) is 22.2 Å². The van der Waals surface area contributed by atoms with E-state index in [9.17, 15) is 10.1 Å². The largest absolute Gasteiger partial charge is 0.421 e. The van der Waals surface area contributed by atoms with Gasteiger partial charge in [-0.25, -0.2) is 0 Å². The molecule has 0 bridgehead atoms. The number of nitrogens with zero attached hydrogens (tertiary/aromatic N) is 4. The smallest absolute Gasteiger partial charge is 0.302 e. The maximum Gasteiger partial charge on any atom is 0.302 e. The number of likely N-dealkylation sites (N-methyl/N-ethyl adjacent to an activating group) is 1. The summed E-state index contributed by atoms with van der Waals surface area (Å²) in [6.45, 7) is 5.46. The van der Waals surface area contributed by atoms with Crippen molar-refractivity contribution in [3.05, 3.63) is 41.5 Å². The summed E-state index contributed by atoms with van der Waals surface area (Å²) in [6, 6.07) is 12.9. The molecular formula is C24H27N5O2. The van der Waals surface area contributed by atoms with Crippen LogP contribution in [0.1, 0.15) is 30.9 Å². The molecule has 1 aliphatic heterocycles. The van der Waals surface area contributed by atoms with Gasteiger partial charge in [0.1, 0.15) is 11.6 Å². The SMILES string of the molecule is CCC(=O)Nc1nc2c(C#N)c(C)c(-c3ccccc3)c(N3CCC(N(C)C)C3)c2o1. The van der Waals surface area contributed by atoms with Gasteiger partial charge in [0, 0.05) is 31.1 Å². The number of benzene rings is 2. The number of oxazole rings is 1. The first-order chi connectivity index (χ1) is 14.9. The third-order valence-corrected chi connectivity index (χ3v) is 6.02. The Morgan fingerprint density at radius 1 is 1.35 bits per heavy atom. The van der Waals surface area contributed by atoms with Crippen molar-refractivity contribution in [2.75, 3.05) is 37.4 Å². The van der Waals surface area contributed by atoms with E-state index in [2.05, 4.69) is 52.4 Å².